The van der Waals surface area contributed by atoms with Crippen molar-refractivity contribution in [2.45, 2.75) is 20.4 Å². The molecule has 0 bridgehead atoms. The van der Waals surface area contributed by atoms with Gasteiger partial charge in [-0.15, -0.1) is 24.0 Å². The number of ether oxygens (including phenoxy) is 1. The van der Waals surface area contributed by atoms with Gasteiger partial charge in [0.05, 0.1) is 13.1 Å². The van der Waals surface area contributed by atoms with Gasteiger partial charge in [-0.25, -0.2) is 4.99 Å². The van der Waals surface area contributed by atoms with Gasteiger partial charge in [-0.3, -0.25) is 4.79 Å². The van der Waals surface area contributed by atoms with Gasteiger partial charge >= 0.3 is 0 Å². The van der Waals surface area contributed by atoms with Crippen molar-refractivity contribution >= 4 is 35.8 Å². The average Bonchev–Trinajstić information content (AvgIpc) is 2.64. The lowest BCUT2D eigenvalue weighted by Gasteiger charge is -2.12. The molecule has 6 nitrogen and oxygen atoms in total. The van der Waals surface area contributed by atoms with E-state index >= 15 is 0 Å². The van der Waals surface area contributed by atoms with E-state index in [2.05, 4.69) is 15.6 Å². The summed E-state index contributed by atoms with van der Waals surface area (Å²) in [6, 6.07) is 15.1. The van der Waals surface area contributed by atoms with Crippen molar-refractivity contribution in [1.82, 2.24) is 10.6 Å². The number of benzene rings is 2. The van der Waals surface area contributed by atoms with E-state index in [1.54, 1.807) is 18.2 Å². The minimum absolute atomic E-state index is 0. The van der Waals surface area contributed by atoms with Crippen molar-refractivity contribution in [1.29, 1.82) is 0 Å². The van der Waals surface area contributed by atoms with E-state index < -0.39 is 5.91 Å². The lowest BCUT2D eigenvalue weighted by molar-refractivity contribution is 0.1000. The second-order valence-corrected chi connectivity index (χ2v) is 5.85. The molecule has 2 aromatic carbocycles. The Bertz CT molecular complexity index is 748. The van der Waals surface area contributed by atoms with Crippen LogP contribution in [0.2, 0.25) is 0 Å². The van der Waals surface area contributed by atoms with Gasteiger partial charge in [0.25, 0.3) is 0 Å². The number of rotatable bonds is 8. The zero-order valence-corrected chi connectivity index (χ0v) is 18.0. The number of aliphatic imine (C=N–C) groups is 1. The molecule has 0 spiro atoms. The molecule has 0 saturated heterocycles. The molecule has 0 aliphatic rings. The van der Waals surface area contributed by atoms with E-state index in [-0.39, 0.29) is 24.0 Å². The molecule has 146 valence electrons. The van der Waals surface area contributed by atoms with E-state index in [1.807, 2.05) is 44.2 Å². The summed E-state index contributed by atoms with van der Waals surface area (Å²) < 4.78 is 5.70. The van der Waals surface area contributed by atoms with Gasteiger partial charge in [-0.05, 0) is 43.7 Å². The average molecular weight is 482 g/mol. The van der Waals surface area contributed by atoms with Crippen molar-refractivity contribution in [2.24, 2.45) is 10.7 Å². The standard InChI is InChI=1S/C20H26N4O2.HI/c1-3-22-20(23-11-12-26-18-9-7-15(2)8-10-18)24-14-16-5-4-6-17(13-16)19(21)25;/h4-10,13H,3,11-12,14H2,1-2H3,(H2,21,25)(H2,22,23,24);1H. The Morgan fingerprint density at radius 2 is 1.89 bits per heavy atom. The Hall–Kier alpha value is -2.29. The van der Waals surface area contributed by atoms with E-state index in [0.29, 0.717) is 31.2 Å². The maximum Gasteiger partial charge on any atom is 0.248 e. The minimum Gasteiger partial charge on any atom is -0.492 e. The summed E-state index contributed by atoms with van der Waals surface area (Å²) in [6.07, 6.45) is 0. The number of nitrogens with two attached hydrogens (primary N) is 1. The molecule has 0 saturated carbocycles. The van der Waals surface area contributed by atoms with Gasteiger partial charge in [0.1, 0.15) is 12.4 Å². The van der Waals surface area contributed by atoms with Crippen molar-refractivity contribution in [3.8, 4) is 5.75 Å². The summed E-state index contributed by atoms with van der Waals surface area (Å²) in [5.74, 6) is 1.11. The summed E-state index contributed by atoms with van der Waals surface area (Å²) in [6.45, 7) is 6.42. The third-order valence-corrected chi connectivity index (χ3v) is 3.66. The molecule has 0 aromatic heterocycles. The summed E-state index contributed by atoms with van der Waals surface area (Å²) in [7, 11) is 0. The fourth-order valence-electron chi connectivity index (χ4n) is 2.31. The van der Waals surface area contributed by atoms with Gasteiger partial charge in [0, 0.05) is 12.1 Å². The molecular weight excluding hydrogens is 455 g/mol. The van der Waals surface area contributed by atoms with E-state index in [4.69, 9.17) is 10.5 Å². The van der Waals surface area contributed by atoms with Crippen LogP contribution in [0, 0.1) is 6.92 Å². The van der Waals surface area contributed by atoms with E-state index in [9.17, 15) is 4.79 Å². The summed E-state index contributed by atoms with van der Waals surface area (Å²) in [5, 5.41) is 6.42. The van der Waals surface area contributed by atoms with Crippen molar-refractivity contribution < 1.29 is 9.53 Å². The van der Waals surface area contributed by atoms with Crippen LogP contribution in [0.15, 0.2) is 53.5 Å². The fourth-order valence-corrected chi connectivity index (χ4v) is 2.31. The maximum atomic E-state index is 11.3. The van der Waals surface area contributed by atoms with Crippen LogP contribution in [0.4, 0.5) is 0 Å². The quantitative estimate of drug-likeness (QED) is 0.234. The lowest BCUT2D eigenvalue weighted by atomic mass is 10.1. The highest BCUT2D eigenvalue weighted by atomic mass is 127. The Morgan fingerprint density at radius 3 is 2.56 bits per heavy atom. The van der Waals surface area contributed by atoms with Crippen LogP contribution < -0.4 is 21.1 Å². The first-order valence-electron chi connectivity index (χ1n) is 8.69. The lowest BCUT2D eigenvalue weighted by Crippen LogP contribution is -2.39. The van der Waals surface area contributed by atoms with Crippen molar-refractivity contribution in [2.75, 3.05) is 19.7 Å². The van der Waals surface area contributed by atoms with Crippen LogP contribution in [0.1, 0.15) is 28.4 Å². The number of aryl methyl sites for hydroxylation is 1. The first kappa shape index (κ1) is 22.8. The van der Waals surface area contributed by atoms with Crippen LogP contribution in [0.5, 0.6) is 5.75 Å². The molecule has 0 unspecified atom stereocenters. The van der Waals surface area contributed by atoms with Crippen LogP contribution in [-0.2, 0) is 6.54 Å². The topological polar surface area (TPSA) is 88.7 Å². The number of nitrogens with zero attached hydrogens (tertiary/aromatic N) is 1. The second kappa shape index (κ2) is 12.2. The fraction of sp³-hybridized carbons (Fsp3) is 0.300. The molecule has 27 heavy (non-hydrogen) atoms. The minimum atomic E-state index is -0.436. The highest BCUT2D eigenvalue weighted by molar-refractivity contribution is 14.0. The van der Waals surface area contributed by atoms with Crippen LogP contribution in [-0.4, -0.2) is 31.6 Å². The SMILES string of the molecule is CCNC(=NCc1cccc(C(N)=O)c1)NCCOc1ccc(C)cc1.I. The van der Waals surface area contributed by atoms with E-state index in [1.165, 1.54) is 5.56 Å². The molecule has 1 amide bonds. The number of hydrogen-bond donors (Lipinski definition) is 3. The predicted molar refractivity (Wildman–Crippen MR) is 120 cm³/mol. The Morgan fingerprint density at radius 1 is 1.15 bits per heavy atom. The number of guanidine groups is 1. The first-order valence-corrected chi connectivity index (χ1v) is 8.69. The zero-order chi connectivity index (χ0) is 18.8. The number of nitrogens with one attached hydrogen (secondary N) is 2. The third-order valence-electron chi connectivity index (χ3n) is 3.66. The summed E-state index contributed by atoms with van der Waals surface area (Å²) in [4.78, 5) is 15.8. The van der Waals surface area contributed by atoms with Gasteiger partial charge in [-0.2, -0.15) is 0 Å². The molecule has 0 aliphatic carbocycles. The van der Waals surface area contributed by atoms with E-state index in [0.717, 1.165) is 17.9 Å². The Balaban J connectivity index is 0.00000364. The second-order valence-electron chi connectivity index (χ2n) is 5.85. The number of hydrogen-bond acceptors (Lipinski definition) is 3. The molecule has 0 fully saturated rings. The third kappa shape index (κ3) is 8.29. The monoisotopic (exact) mass is 482 g/mol. The molecule has 0 atom stereocenters. The normalized spacial score (nSPS) is 10.7. The Kier molecular flexibility index (Phi) is 10.2. The first-order chi connectivity index (χ1) is 12.6. The smallest absolute Gasteiger partial charge is 0.248 e. The van der Waals surface area contributed by atoms with Crippen molar-refractivity contribution in [3.63, 3.8) is 0 Å². The largest absolute Gasteiger partial charge is 0.492 e. The number of primary amides is 1. The van der Waals surface area contributed by atoms with Crippen LogP contribution >= 0.6 is 24.0 Å². The molecule has 0 aliphatic heterocycles. The maximum absolute atomic E-state index is 11.3. The molecule has 0 heterocycles. The molecule has 7 heteroatoms. The zero-order valence-electron chi connectivity index (χ0n) is 15.7. The van der Waals surface area contributed by atoms with Crippen LogP contribution in [0.3, 0.4) is 0 Å². The van der Waals surface area contributed by atoms with Crippen molar-refractivity contribution in [3.05, 3.63) is 65.2 Å². The Labute approximate surface area is 177 Å². The number of carbonyl (C=O) groups excluding carboxylic acids is 1. The number of amides is 1. The molecule has 0 radical (unpaired) electrons. The highest BCUT2D eigenvalue weighted by Gasteiger charge is 2.02. The molecular formula is C20H27IN4O2. The molecule has 2 aromatic rings. The highest BCUT2D eigenvalue weighted by Crippen LogP contribution is 2.10. The summed E-state index contributed by atoms with van der Waals surface area (Å²) >= 11 is 0. The van der Waals surface area contributed by atoms with Crippen LogP contribution in [0.25, 0.3) is 0 Å². The number of halogens is 1. The molecule has 2 rings (SSSR count). The number of carbonyl (C=O) groups is 1. The predicted octanol–water partition coefficient (Wildman–Crippen LogP) is 2.85. The van der Waals surface area contributed by atoms with Gasteiger partial charge in [0.15, 0.2) is 5.96 Å². The molecule has 4 N–H and O–H groups in total. The van der Waals surface area contributed by atoms with Gasteiger partial charge in [0.2, 0.25) is 5.91 Å². The van der Waals surface area contributed by atoms with Gasteiger partial charge < -0.3 is 21.1 Å². The summed E-state index contributed by atoms with van der Waals surface area (Å²) in [5.41, 5.74) is 7.93. The van der Waals surface area contributed by atoms with Gasteiger partial charge in [-0.1, -0.05) is 29.8 Å².